The zero-order valence-electron chi connectivity index (χ0n) is 12.8. The molecule has 112 valence electrons. The van der Waals surface area contributed by atoms with E-state index in [0.717, 1.165) is 30.4 Å². The standard InChI is InChI=1S/C20H22NO/c22-19-15-21(13-11-16(19)12-14-21)20(17-7-3-1-4-8-17)18-9-5-2-6-10-18/h1-10,16,20H,11-15H2/q+1. The molecule has 2 aromatic rings. The Bertz CT molecular complexity index is 617. The van der Waals surface area contributed by atoms with Crippen molar-refractivity contribution in [2.24, 2.45) is 5.92 Å². The first-order valence-electron chi connectivity index (χ1n) is 8.27. The summed E-state index contributed by atoms with van der Waals surface area (Å²) in [5.41, 5.74) is 2.67. The molecule has 0 spiro atoms. The Balaban J connectivity index is 1.82. The molecule has 22 heavy (non-hydrogen) atoms. The fourth-order valence-corrected chi connectivity index (χ4v) is 4.45. The lowest BCUT2D eigenvalue weighted by Gasteiger charge is -2.52. The van der Waals surface area contributed by atoms with Gasteiger partial charge >= 0.3 is 0 Å². The summed E-state index contributed by atoms with van der Waals surface area (Å²) < 4.78 is 0.920. The van der Waals surface area contributed by atoms with Gasteiger partial charge in [0.2, 0.25) is 0 Å². The van der Waals surface area contributed by atoms with Crippen molar-refractivity contribution in [3.8, 4) is 0 Å². The van der Waals surface area contributed by atoms with Crippen LogP contribution in [0.1, 0.15) is 30.0 Å². The Kier molecular flexibility index (Phi) is 3.34. The summed E-state index contributed by atoms with van der Waals surface area (Å²) in [7, 11) is 0. The van der Waals surface area contributed by atoms with E-state index in [-0.39, 0.29) is 6.04 Å². The Morgan fingerprint density at radius 2 is 1.32 bits per heavy atom. The van der Waals surface area contributed by atoms with Crippen LogP contribution in [0.25, 0.3) is 0 Å². The van der Waals surface area contributed by atoms with Crippen LogP contribution in [-0.4, -0.2) is 29.9 Å². The van der Waals surface area contributed by atoms with E-state index in [0.29, 0.717) is 18.2 Å². The van der Waals surface area contributed by atoms with Crippen molar-refractivity contribution >= 4 is 5.78 Å². The van der Waals surface area contributed by atoms with E-state index in [4.69, 9.17) is 0 Å². The lowest BCUT2D eigenvalue weighted by atomic mass is 9.80. The maximum Gasteiger partial charge on any atom is 0.190 e. The minimum atomic E-state index is 0.285. The first-order chi connectivity index (χ1) is 10.8. The average molecular weight is 292 g/mol. The monoisotopic (exact) mass is 292 g/mol. The first kappa shape index (κ1) is 13.7. The lowest BCUT2D eigenvalue weighted by Crippen LogP contribution is -2.63. The Hall–Kier alpha value is -1.93. The highest BCUT2D eigenvalue weighted by Crippen LogP contribution is 2.42. The van der Waals surface area contributed by atoms with Crippen molar-refractivity contribution in [1.29, 1.82) is 0 Å². The fourth-order valence-electron chi connectivity index (χ4n) is 4.45. The summed E-state index contributed by atoms with van der Waals surface area (Å²) in [6, 6.07) is 21.7. The number of quaternary nitrogens is 1. The second-order valence-corrected chi connectivity index (χ2v) is 6.79. The topological polar surface area (TPSA) is 17.1 Å². The molecule has 5 rings (SSSR count). The van der Waals surface area contributed by atoms with Crippen molar-refractivity contribution in [1.82, 2.24) is 0 Å². The van der Waals surface area contributed by atoms with Crippen LogP contribution in [0.5, 0.6) is 0 Å². The predicted molar refractivity (Wildman–Crippen MR) is 87.3 cm³/mol. The molecule has 0 aliphatic carbocycles. The van der Waals surface area contributed by atoms with Crippen molar-refractivity contribution in [2.45, 2.75) is 18.9 Å². The summed E-state index contributed by atoms with van der Waals surface area (Å²) in [5, 5.41) is 0. The summed E-state index contributed by atoms with van der Waals surface area (Å²) in [4.78, 5) is 12.4. The van der Waals surface area contributed by atoms with Crippen LogP contribution in [0.3, 0.4) is 0 Å². The van der Waals surface area contributed by atoms with Gasteiger partial charge in [-0.2, -0.15) is 0 Å². The highest BCUT2D eigenvalue weighted by atomic mass is 16.1. The third-order valence-corrected chi connectivity index (χ3v) is 5.55. The van der Waals surface area contributed by atoms with E-state index in [1.807, 2.05) is 0 Å². The molecule has 0 aromatic heterocycles. The number of hydrogen-bond acceptors (Lipinski definition) is 1. The molecule has 0 unspecified atom stereocenters. The van der Waals surface area contributed by atoms with Crippen molar-refractivity contribution < 1.29 is 9.28 Å². The molecule has 3 heterocycles. The first-order valence-corrected chi connectivity index (χ1v) is 8.27. The van der Waals surface area contributed by atoms with E-state index in [1.54, 1.807) is 0 Å². The van der Waals surface area contributed by atoms with Gasteiger partial charge in [-0.3, -0.25) is 4.79 Å². The van der Waals surface area contributed by atoms with E-state index < -0.39 is 0 Å². The number of ketones is 1. The van der Waals surface area contributed by atoms with Crippen LogP contribution >= 0.6 is 0 Å². The second-order valence-electron chi connectivity index (χ2n) is 6.79. The number of nitrogens with zero attached hydrogens (tertiary/aromatic N) is 1. The number of carbonyl (C=O) groups excluding carboxylic acids is 1. The predicted octanol–water partition coefficient (Wildman–Crippen LogP) is 3.59. The van der Waals surface area contributed by atoms with E-state index in [1.165, 1.54) is 11.1 Å². The maximum absolute atomic E-state index is 12.4. The van der Waals surface area contributed by atoms with Crippen LogP contribution in [0, 0.1) is 5.92 Å². The third kappa shape index (κ3) is 2.19. The highest BCUT2D eigenvalue weighted by molar-refractivity contribution is 5.83. The Morgan fingerprint density at radius 3 is 1.77 bits per heavy atom. The van der Waals surface area contributed by atoms with E-state index in [9.17, 15) is 4.79 Å². The summed E-state index contributed by atoms with van der Waals surface area (Å²) in [6.45, 7) is 2.97. The second kappa shape index (κ2) is 5.36. The van der Waals surface area contributed by atoms with Crippen molar-refractivity contribution in [3.63, 3.8) is 0 Å². The molecule has 2 nitrogen and oxygen atoms in total. The van der Waals surface area contributed by atoms with Gasteiger partial charge in [0.25, 0.3) is 0 Å². The van der Waals surface area contributed by atoms with Gasteiger partial charge in [-0.1, -0.05) is 60.7 Å². The Labute approximate surface area is 132 Å². The molecule has 0 N–H and O–H groups in total. The fraction of sp³-hybridized carbons (Fsp3) is 0.350. The zero-order chi connectivity index (χ0) is 15.0. The van der Waals surface area contributed by atoms with Crippen LogP contribution < -0.4 is 0 Å². The van der Waals surface area contributed by atoms with Gasteiger partial charge in [0.15, 0.2) is 5.78 Å². The van der Waals surface area contributed by atoms with Crippen LogP contribution in [0.4, 0.5) is 0 Å². The molecule has 0 radical (unpaired) electrons. The number of rotatable bonds is 3. The summed E-state index contributed by atoms with van der Waals surface area (Å²) >= 11 is 0. The van der Waals surface area contributed by atoms with E-state index in [2.05, 4.69) is 60.7 Å². The van der Waals surface area contributed by atoms with Crippen molar-refractivity contribution in [3.05, 3.63) is 71.8 Å². The number of benzene rings is 2. The molecule has 0 saturated carbocycles. The van der Waals surface area contributed by atoms with Crippen LogP contribution in [0.2, 0.25) is 0 Å². The van der Waals surface area contributed by atoms with Gasteiger partial charge in [0, 0.05) is 29.9 Å². The van der Waals surface area contributed by atoms with Gasteiger partial charge in [0.05, 0.1) is 13.1 Å². The number of carbonyl (C=O) groups is 1. The summed E-state index contributed by atoms with van der Waals surface area (Å²) in [5.74, 6) is 0.821. The molecule has 3 aliphatic rings. The SMILES string of the molecule is O=C1C[N+]2(C(c3ccccc3)c3ccccc3)CCC1CC2. The summed E-state index contributed by atoms with van der Waals surface area (Å²) in [6.07, 6.45) is 2.13. The number of piperidine rings is 3. The number of Topliss-reactive ketones (excluding diaryl/α,β-unsaturated/α-hetero) is 1. The zero-order valence-corrected chi connectivity index (χ0v) is 12.8. The molecule has 3 saturated heterocycles. The lowest BCUT2D eigenvalue weighted by molar-refractivity contribution is -0.954. The third-order valence-electron chi connectivity index (χ3n) is 5.55. The average Bonchev–Trinajstić information content (AvgIpc) is 2.58. The van der Waals surface area contributed by atoms with Crippen molar-refractivity contribution in [2.75, 3.05) is 19.6 Å². The molecule has 2 aromatic carbocycles. The van der Waals surface area contributed by atoms with Gasteiger partial charge in [-0.25, -0.2) is 0 Å². The quantitative estimate of drug-likeness (QED) is 0.790. The highest BCUT2D eigenvalue weighted by Gasteiger charge is 2.50. The molecular formula is C20H22NO+. The largest absolute Gasteiger partial charge is 0.307 e. The van der Waals surface area contributed by atoms with Crippen LogP contribution in [0.15, 0.2) is 60.7 Å². The molecule has 0 atom stereocenters. The minimum Gasteiger partial charge on any atom is -0.307 e. The molecule has 3 fully saturated rings. The minimum absolute atomic E-state index is 0.285. The maximum atomic E-state index is 12.4. The van der Waals surface area contributed by atoms with Gasteiger partial charge in [0.1, 0.15) is 12.6 Å². The molecule has 2 bridgehead atoms. The smallest absolute Gasteiger partial charge is 0.190 e. The normalized spacial score (nSPS) is 27.3. The van der Waals surface area contributed by atoms with Gasteiger partial charge in [-0.05, 0) is 0 Å². The van der Waals surface area contributed by atoms with Crippen LogP contribution in [-0.2, 0) is 4.79 Å². The Morgan fingerprint density at radius 1 is 0.818 bits per heavy atom. The molecule has 2 heteroatoms. The molecular weight excluding hydrogens is 270 g/mol. The number of fused-ring (bicyclic) bond motifs is 3. The number of hydrogen-bond donors (Lipinski definition) is 0. The van der Waals surface area contributed by atoms with Gasteiger partial charge < -0.3 is 4.48 Å². The molecule has 3 aliphatic heterocycles. The van der Waals surface area contributed by atoms with Gasteiger partial charge in [-0.15, -0.1) is 0 Å². The van der Waals surface area contributed by atoms with E-state index >= 15 is 0 Å². The molecule has 0 amide bonds.